The SMILES string of the molecule is CC.C[C@H](O)CN(Cc1cccc(C(F)(F)C(F)(F)F)c1)c1cccc(Oc2ccccc2)c1. The number of anilines is 1. The second-order valence-corrected chi connectivity index (χ2v) is 7.41. The van der Waals surface area contributed by atoms with Crippen LogP contribution in [0.4, 0.5) is 27.6 Å². The zero-order chi connectivity index (χ0) is 25.4. The van der Waals surface area contributed by atoms with E-state index in [-0.39, 0.29) is 18.7 Å². The molecule has 1 atom stereocenters. The van der Waals surface area contributed by atoms with E-state index in [4.69, 9.17) is 4.74 Å². The van der Waals surface area contributed by atoms with Crippen LogP contribution in [0.1, 0.15) is 31.9 Å². The number of rotatable bonds is 8. The Bertz CT molecular complexity index is 1020. The van der Waals surface area contributed by atoms with E-state index in [1.807, 2.05) is 32.0 Å². The second-order valence-electron chi connectivity index (χ2n) is 7.41. The van der Waals surface area contributed by atoms with Crippen molar-refractivity contribution in [1.82, 2.24) is 0 Å². The maximum absolute atomic E-state index is 13.8. The molecular formula is C26H28F5NO2. The summed E-state index contributed by atoms with van der Waals surface area (Å²) in [6, 6.07) is 20.2. The van der Waals surface area contributed by atoms with Crippen molar-refractivity contribution >= 4 is 5.69 Å². The van der Waals surface area contributed by atoms with E-state index < -0.39 is 23.8 Å². The van der Waals surface area contributed by atoms with Crippen molar-refractivity contribution in [2.24, 2.45) is 0 Å². The Morgan fingerprint density at radius 1 is 0.824 bits per heavy atom. The molecule has 184 valence electrons. The smallest absolute Gasteiger partial charge is 0.457 e. The summed E-state index contributed by atoms with van der Waals surface area (Å²) in [6.07, 6.45) is -6.46. The van der Waals surface area contributed by atoms with Crippen LogP contribution >= 0.6 is 0 Å². The fourth-order valence-electron chi connectivity index (χ4n) is 3.20. The van der Waals surface area contributed by atoms with Crippen molar-refractivity contribution in [3.05, 3.63) is 90.0 Å². The van der Waals surface area contributed by atoms with Crippen LogP contribution in [0, 0.1) is 0 Å². The number of alkyl halides is 5. The van der Waals surface area contributed by atoms with Crippen LogP contribution in [-0.2, 0) is 12.5 Å². The molecule has 0 spiro atoms. The highest BCUT2D eigenvalue weighted by molar-refractivity contribution is 5.52. The van der Waals surface area contributed by atoms with Gasteiger partial charge in [0.05, 0.1) is 6.10 Å². The van der Waals surface area contributed by atoms with Crippen molar-refractivity contribution in [1.29, 1.82) is 0 Å². The van der Waals surface area contributed by atoms with Crippen LogP contribution in [0.5, 0.6) is 11.5 Å². The molecule has 0 aliphatic rings. The molecule has 3 aromatic rings. The Labute approximate surface area is 196 Å². The van der Waals surface area contributed by atoms with Gasteiger partial charge in [-0.25, -0.2) is 0 Å². The lowest BCUT2D eigenvalue weighted by molar-refractivity contribution is -0.289. The molecule has 0 fully saturated rings. The lowest BCUT2D eigenvalue weighted by Gasteiger charge is -2.27. The molecule has 0 radical (unpaired) electrons. The molecule has 0 aliphatic heterocycles. The highest BCUT2D eigenvalue weighted by atomic mass is 19.4. The first-order valence-corrected chi connectivity index (χ1v) is 10.9. The van der Waals surface area contributed by atoms with Gasteiger partial charge in [0, 0.05) is 30.4 Å². The van der Waals surface area contributed by atoms with Gasteiger partial charge in [0.1, 0.15) is 11.5 Å². The van der Waals surface area contributed by atoms with Crippen LogP contribution < -0.4 is 9.64 Å². The van der Waals surface area contributed by atoms with Gasteiger partial charge in [0.2, 0.25) is 0 Å². The zero-order valence-electron chi connectivity index (χ0n) is 19.2. The minimum absolute atomic E-state index is 0.0153. The summed E-state index contributed by atoms with van der Waals surface area (Å²) in [5, 5.41) is 9.92. The van der Waals surface area contributed by atoms with E-state index in [1.54, 1.807) is 48.2 Å². The summed E-state index contributed by atoms with van der Waals surface area (Å²) in [4.78, 5) is 1.69. The molecule has 0 saturated heterocycles. The van der Waals surface area contributed by atoms with E-state index in [2.05, 4.69) is 0 Å². The number of aliphatic hydroxyl groups excluding tert-OH is 1. The number of nitrogens with zero attached hydrogens (tertiary/aromatic N) is 1. The van der Waals surface area contributed by atoms with Gasteiger partial charge in [-0.05, 0) is 42.8 Å². The number of benzene rings is 3. The third-order valence-electron chi connectivity index (χ3n) is 4.67. The standard InChI is InChI=1S/C24H22F5NO2.C2H6/c1-17(31)15-30(16-18-7-5-8-19(13-18)23(25,26)24(27,28)29)20-9-6-12-22(14-20)32-21-10-3-2-4-11-21;1-2/h2-14,17,31H,15-16H2,1H3;1-2H3/t17-;/m0./s1. The quantitative estimate of drug-likeness (QED) is 0.337. The Morgan fingerprint density at radius 3 is 2.06 bits per heavy atom. The first kappa shape index (κ1) is 27.1. The molecular weight excluding hydrogens is 453 g/mol. The highest BCUT2D eigenvalue weighted by Crippen LogP contribution is 2.44. The average molecular weight is 482 g/mol. The summed E-state index contributed by atoms with van der Waals surface area (Å²) < 4.78 is 71.7. The number of para-hydroxylation sites is 1. The van der Waals surface area contributed by atoms with Crippen LogP contribution in [0.3, 0.4) is 0 Å². The summed E-state index contributed by atoms with van der Waals surface area (Å²) in [6.45, 7) is 5.71. The van der Waals surface area contributed by atoms with Gasteiger partial charge in [0.25, 0.3) is 0 Å². The third-order valence-corrected chi connectivity index (χ3v) is 4.67. The normalized spacial score (nSPS) is 12.4. The average Bonchev–Trinajstić information content (AvgIpc) is 2.80. The van der Waals surface area contributed by atoms with Gasteiger partial charge in [-0.1, -0.05) is 56.3 Å². The summed E-state index contributed by atoms with van der Waals surface area (Å²) >= 11 is 0. The van der Waals surface area contributed by atoms with Crippen LogP contribution in [-0.4, -0.2) is 23.9 Å². The maximum atomic E-state index is 13.8. The number of hydrogen-bond acceptors (Lipinski definition) is 3. The molecule has 3 nitrogen and oxygen atoms in total. The molecule has 0 bridgehead atoms. The predicted octanol–water partition coefficient (Wildman–Crippen LogP) is 7.55. The van der Waals surface area contributed by atoms with Crippen LogP contribution in [0.25, 0.3) is 0 Å². The minimum atomic E-state index is -5.69. The molecule has 8 heteroatoms. The molecule has 34 heavy (non-hydrogen) atoms. The molecule has 0 aliphatic carbocycles. The molecule has 0 heterocycles. The van der Waals surface area contributed by atoms with Gasteiger partial charge in [0.15, 0.2) is 0 Å². The van der Waals surface area contributed by atoms with Gasteiger partial charge in [-0.3, -0.25) is 0 Å². The summed E-state index contributed by atoms with van der Waals surface area (Å²) in [7, 11) is 0. The van der Waals surface area contributed by atoms with E-state index in [9.17, 15) is 27.1 Å². The number of aliphatic hydroxyl groups is 1. The number of ether oxygens (including phenoxy) is 1. The van der Waals surface area contributed by atoms with E-state index >= 15 is 0 Å². The Hall–Kier alpha value is -3.13. The van der Waals surface area contributed by atoms with E-state index in [0.717, 1.165) is 12.1 Å². The minimum Gasteiger partial charge on any atom is -0.457 e. The third kappa shape index (κ3) is 7.18. The molecule has 0 amide bonds. The van der Waals surface area contributed by atoms with Crippen molar-refractivity contribution in [2.45, 2.75) is 45.5 Å². The topological polar surface area (TPSA) is 32.7 Å². The van der Waals surface area contributed by atoms with E-state index in [0.29, 0.717) is 17.2 Å². The number of hydrogen-bond donors (Lipinski definition) is 1. The maximum Gasteiger partial charge on any atom is 0.458 e. The van der Waals surface area contributed by atoms with Crippen molar-refractivity contribution < 1.29 is 31.8 Å². The Kier molecular flexibility index (Phi) is 9.44. The molecule has 0 saturated carbocycles. The fourth-order valence-corrected chi connectivity index (χ4v) is 3.20. The first-order valence-electron chi connectivity index (χ1n) is 10.9. The molecule has 3 rings (SSSR count). The van der Waals surface area contributed by atoms with E-state index in [1.165, 1.54) is 12.1 Å². The van der Waals surface area contributed by atoms with Crippen molar-refractivity contribution in [3.63, 3.8) is 0 Å². The van der Waals surface area contributed by atoms with Crippen molar-refractivity contribution in [2.75, 3.05) is 11.4 Å². The first-order chi connectivity index (χ1) is 16.1. The van der Waals surface area contributed by atoms with Crippen molar-refractivity contribution in [3.8, 4) is 11.5 Å². The molecule has 0 unspecified atom stereocenters. The molecule has 0 aromatic heterocycles. The predicted molar refractivity (Wildman–Crippen MR) is 123 cm³/mol. The highest BCUT2D eigenvalue weighted by Gasteiger charge is 2.58. The van der Waals surface area contributed by atoms with Crippen LogP contribution in [0.2, 0.25) is 0 Å². The Balaban J connectivity index is 0.00000199. The summed E-state index contributed by atoms with van der Waals surface area (Å²) in [5.74, 6) is -3.82. The monoisotopic (exact) mass is 481 g/mol. The fraction of sp³-hybridized carbons (Fsp3) is 0.308. The zero-order valence-corrected chi connectivity index (χ0v) is 19.2. The van der Waals surface area contributed by atoms with Gasteiger partial charge < -0.3 is 14.7 Å². The van der Waals surface area contributed by atoms with Gasteiger partial charge in [-0.15, -0.1) is 0 Å². The van der Waals surface area contributed by atoms with Gasteiger partial charge >= 0.3 is 12.1 Å². The lowest BCUT2D eigenvalue weighted by atomic mass is 10.0. The second kappa shape index (κ2) is 11.8. The Morgan fingerprint density at radius 2 is 1.44 bits per heavy atom. The molecule has 1 N–H and O–H groups in total. The molecule has 3 aromatic carbocycles. The van der Waals surface area contributed by atoms with Gasteiger partial charge in [-0.2, -0.15) is 22.0 Å². The lowest BCUT2D eigenvalue weighted by Crippen LogP contribution is -2.34. The largest absolute Gasteiger partial charge is 0.458 e. The van der Waals surface area contributed by atoms with Crippen LogP contribution in [0.15, 0.2) is 78.9 Å². The number of halogens is 5. The summed E-state index contributed by atoms with van der Waals surface area (Å²) in [5.41, 5.74) is -0.255.